The molecule has 0 aromatic carbocycles. The SMILES string of the molecule is CC(=O)N[C@@H]1C(OC(C)=O)C(OC(C)=O)[C@@H](COC(C)=O)O[C@H]1OCC(=O)NCCCNC(=O)OC(C)(C)C. The minimum atomic E-state index is -1.36. The van der Waals surface area contributed by atoms with Gasteiger partial charge in [-0.05, 0) is 27.2 Å². The van der Waals surface area contributed by atoms with Gasteiger partial charge in [-0.25, -0.2) is 4.79 Å². The number of carbonyl (C=O) groups is 6. The van der Waals surface area contributed by atoms with Gasteiger partial charge in [0.25, 0.3) is 0 Å². The Hall–Kier alpha value is -3.46. The molecule has 3 N–H and O–H groups in total. The van der Waals surface area contributed by atoms with E-state index in [1.165, 1.54) is 6.92 Å². The van der Waals surface area contributed by atoms with E-state index in [0.29, 0.717) is 6.42 Å². The van der Waals surface area contributed by atoms with Crippen LogP contribution in [0, 0.1) is 0 Å². The molecular formula is C24H39N3O12. The van der Waals surface area contributed by atoms with E-state index in [9.17, 15) is 28.8 Å². The minimum Gasteiger partial charge on any atom is -0.463 e. The molecule has 222 valence electrons. The molecule has 0 saturated carbocycles. The average Bonchev–Trinajstić information content (AvgIpc) is 2.77. The van der Waals surface area contributed by atoms with Crippen molar-refractivity contribution in [3.63, 3.8) is 0 Å². The molecule has 1 saturated heterocycles. The lowest BCUT2D eigenvalue weighted by atomic mass is 9.96. The van der Waals surface area contributed by atoms with Gasteiger partial charge < -0.3 is 44.4 Å². The van der Waals surface area contributed by atoms with E-state index in [1.54, 1.807) is 20.8 Å². The molecule has 3 amide bonds. The molecule has 0 radical (unpaired) electrons. The third kappa shape index (κ3) is 13.8. The van der Waals surface area contributed by atoms with Gasteiger partial charge in [0.15, 0.2) is 18.5 Å². The van der Waals surface area contributed by atoms with Gasteiger partial charge in [-0.3, -0.25) is 24.0 Å². The lowest BCUT2D eigenvalue weighted by molar-refractivity contribution is -0.276. The molecule has 1 aliphatic heterocycles. The number of esters is 3. The molecule has 1 heterocycles. The van der Waals surface area contributed by atoms with Crippen LogP contribution in [0.4, 0.5) is 4.79 Å². The number of ether oxygens (including phenoxy) is 6. The minimum absolute atomic E-state index is 0.207. The van der Waals surface area contributed by atoms with E-state index in [2.05, 4.69) is 16.0 Å². The molecule has 1 aliphatic rings. The van der Waals surface area contributed by atoms with Crippen molar-refractivity contribution in [2.45, 2.75) is 91.1 Å². The zero-order valence-electron chi connectivity index (χ0n) is 23.3. The fourth-order valence-electron chi connectivity index (χ4n) is 3.46. The van der Waals surface area contributed by atoms with E-state index in [1.807, 2.05) is 0 Å². The van der Waals surface area contributed by atoms with Crippen LogP contribution in [-0.2, 0) is 52.4 Å². The second-order valence-corrected chi connectivity index (χ2v) is 9.66. The molecule has 0 aromatic rings. The summed E-state index contributed by atoms with van der Waals surface area (Å²) in [4.78, 5) is 70.9. The Labute approximate surface area is 226 Å². The zero-order valence-corrected chi connectivity index (χ0v) is 23.3. The van der Waals surface area contributed by atoms with Crippen molar-refractivity contribution in [1.29, 1.82) is 0 Å². The van der Waals surface area contributed by atoms with E-state index in [4.69, 9.17) is 28.4 Å². The molecule has 0 aromatic heterocycles. The normalized spacial score (nSPS) is 22.6. The highest BCUT2D eigenvalue weighted by molar-refractivity contribution is 5.77. The first-order chi connectivity index (χ1) is 18.1. The van der Waals surface area contributed by atoms with E-state index >= 15 is 0 Å². The van der Waals surface area contributed by atoms with Crippen molar-refractivity contribution >= 4 is 35.8 Å². The molecular weight excluding hydrogens is 522 g/mol. The fraction of sp³-hybridized carbons (Fsp3) is 0.750. The number of alkyl carbamates (subject to hydrolysis) is 1. The van der Waals surface area contributed by atoms with Crippen molar-refractivity contribution < 1.29 is 57.2 Å². The topological polar surface area (TPSA) is 194 Å². The highest BCUT2D eigenvalue weighted by Crippen LogP contribution is 2.28. The molecule has 39 heavy (non-hydrogen) atoms. The lowest BCUT2D eigenvalue weighted by Crippen LogP contribution is -2.66. The largest absolute Gasteiger partial charge is 0.463 e. The van der Waals surface area contributed by atoms with Crippen LogP contribution < -0.4 is 16.0 Å². The number of nitrogens with one attached hydrogen (secondary N) is 3. The third-order valence-corrected chi connectivity index (χ3v) is 4.79. The standard InChI is InChI=1S/C24H39N3O12/c1-13(28)27-19-21(37-16(4)31)20(36-15(3)30)17(11-34-14(2)29)38-22(19)35-12-18(32)25-9-8-10-26-23(33)39-24(5,6)7/h17,19-22H,8-12H2,1-7H3,(H,25,32)(H,26,33)(H,27,28)/t17-,19-,20?,21?,22-/m1/s1. The summed E-state index contributed by atoms with van der Waals surface area (Å²) in [7, 11) is 0. The predicted molar refractivity (Wildman–Crippen MR) is 132 cm³/mol. The molecule has 0 aliphatic carbocycles. The van der Waals surface area contributed by atoms with Gasteiger partial charge in [-0.15, -0.1) is 0 Å². The number of hydrogen-bond acceptors (Lipinski definition) is 12. The van der Waals surface area contributed by atoms with E-state index in [0.717, 1.165) is 20.8 Å². The Bertz CT molecular complexity index is 888. The second-order valence-electron chi connectivity index (χ2n) is 9.66. The predicted octanol–water partition coefficient (Wildman–Crippen LogP) is -0.310. The highest BCUT2D eigenvalue weighted by Gasteiger charge is 2.51. The summed E-state index contributed by atoms with van der Waals surface area (Å²) >= 11 is 0. The lowest BCUT2D eigenvalue weighted by Gasteiger charge is -2.44. The summed E-state index contributed by atoms with van der Waals surface area (Å²) in [6.07, 6.45) is -5.24. The molecule has 15 heteroatoms. The van der Waals surface area contributed by atoms with Crippen LogP contribution in [0.15, 0.2) is 0 Å². The zero-order chi connectivity index (χ0) is 29.8. The van der Waals surface area contributed by atoms with Gasteiger partial charge in [0, 0.05) is 40.8 Å². The molecule has 0 bridgehead atoms. The molecule has 15 nitrogen and oxygen atoms in total. The molecule has 1 fully saturated rings. The number of carbonyl (C=O) groups excluding carboxylic acids is 6. The van der Waals surface area contributed by atoms with Gasteiger partial charge in [-0.1, -0.05) is 0 Å². The fourth-order valence-corrected chi connectivity index (χ4v) is 3.46. The van der Waals surface area contributed by atoms with Crippen molar-refractivity contribution in [1.82, 2.24) is 16.0 Å². The number of rotatable bonds is 12. The summed E-state index contributed by atoms with van der Waals surface area (Å²) in [6, 6.07) is -1.19. The summed E-state index contributed by atoms with van der Waals surface area (Å²) < 4.78 is 32.2. The van der Waals surface area contributed by atoms with Crippen molar-refractivity contribution in [3.05, 3.63) is 0 Å². The molecule has 1 rings (SSSR count). The summed E-state index contributed by atoms with van der Waals surface area (Å²) in [5.74, 6) is -3.23. The summed E-state index contributed by atoms with van der Waals surface area (Å²) in [5.41, 5.74) is -0.629. The average molecular weight is 562 g/mol. The smallest absolute Gasteiger partial charge is 0.407 e. The Morgan fingerprint density at radius 2 is 1.41 bits per heavy atom. The molecule has 0 spiro atoms. The van der Waals surface area contributed by atoms with Crippen LogP contribution in [0.25, 0.3) is 0 Å². The van der Waals surface area contributed by atoms with E-state index < -0.39 is 85.3 Å². The highest BCUT2D eigenvalue weighted by atomic mass is 16.7. The Morgan fingerprint density at radius 3 is 1.95 bits per heavy atom. The van der Waals surface area contributed by atoms with Crippen LogP contribution >= 0.6 is 0 Å². The van der Waals surface area contributed by atoms with E-state index in [-0.39, 0.29) is 13.1 Å². The summed E-state index contributed by atoms with van der Waals surface area (Å²) in [5, 5.41) is 7.71. The monoisotopic (exact) mass is 561 g/mol. The number of amides is 3. The van der Waals surface area contributed by atoms with Gasteiger partial charge in [-0.2, -0.15) is 0 Å². The number of hydrogen-bond donors (Lipinski definition) is 3. The maximum absolute atomic E-state index is 12.3. The first kappa shape index (κ1) is 33.6. The second kappa shape index (κ2) is 15.8. The van der Waals surface area contributed by atoms with Gasteiger partial charge in [0.2, 0.25) is 11.8 Å². The summed E-state index contributed by atoms with van der Waals surface area (Å²) in [6.45, 7) is 9.36. The van der Waals surface area contributed by atoms with Crippen LogP contribution in [-0.4, -0.2) is 98.4 Å². The molecule has 2 unspecified atom stereocenters. The maximum atomic E-state index is 12.3. The van der Waals surface area contributed by atoms with Gasteiger partial charge in [0.1, 0.15) is 31.0 Å². The van der Waals surface area contributed by atoms with Crippen LogP contribution in [0.5, 0.6) is 0 Å². The van der Waals surface area contributed by atoms with Crippen molar-refractivity contribution in [2.24, 2.45) is 0 Å². The quantitative estimate of drug-likeness (QED) is 0.160. The molecule has 5 atom stereocenters. The van der Waals surface area contributed by atoms with Crippen LogP contribution in [0.3, 0.4) is 0 Å². The maximum Gasteiger partial charge on any atom is 0.407 e. The van der Waals surface area contributed by atoms with Crippen molar-refractivity contribution in [2.75, 3.05) is 26.3 Å². The Kier molecular flexibility index (Phi) is 13.6. The van der Waals surface area contributed by atoms with Gasteiger partial charge in [0.05, 0.1) is 0 Å². The Balaban J connectivity index is 2.86. The Morgan fingerprint density at radius 1 is 0.821 bits per heavy atom. The van der Waals surface area contributed by atoms with Gasteiger partial charge >= 0.3 is 24.0 Å². The van der Waals surface area contributed by atoms with Crippen LogP contribution in [0.2, 0.25) is 0 Å². The first-order valence-corrected chi connectivity index (χ1v) is 12.3. The first-order valence-electron chi connectivity index (χ1n) is 12.3. The van der Waals surface area contributed by atoms with Crippen LogP contribution in [0.1, 0.15) is 54.9 Å². The third-order valence-electron chi connectivity index (χ3n) is 4.79. The van der Waals surface area contributed by atoms with Crippen molar-refractivity contribution in [3.8, 4) is 0 Å².